The van der Waals surface area contributed by atoms with Crippen molar-refractivity contribution in [3.63, 3.8) is 0 Å². The Morgan fingerprint density at radius 2 is 1.94 bits per heavy atom. The van der Waals surface area contributed by atoms with Crippen LogP contribution in [0.4, 0.5) is 0 Å². The minimum absolute atomic E-state index is 0.197. The van der Waals surface area contributed by atoms with E-state index >= 15 is 0 Å². The molecule has 1 unspecified atom stereocenters. The number of hydrogen-bond donors (Lipinski definition) is 2. The molecule has 2 aliphatic carbocycles. The molecule has 0 spiro atoms. The highest BCUT2D eigenvalue weighted by atomic mass is 16.3. The van der Waals surface area contributed by atoms with Gasteiger partial charge in [0.2, 0.25) is 0 Å². The van der Waals surface area contributed by atoms with Crippen molar-refractivity contribution in [3.8, 4) is 0 Å². The molecule has 2 saturated carbocycles. The van der Waals surface area contributed by atoms with Gasteiger partial charge in [-0.3, -0.25) is 0 Å². The monoisotopic (exact) mass is 253 g/mol. The highest BCUT2D eigenvalue weighted by Crippen LogP contribution is 2.62. The molecule has 0 aromatic carbocycles. The number of aliphatic hydroxyl groups excluding tert-OH is 1. The van der Waals surface area contributed by atoms with Crippen LogP contribution in [0.1, 0.15) is 60.3 Å². The summed E-state index contributed by atoms with van der Waals surface area (Å²) < 4.78 is 0. The van der Waals surface area contributed by atoms with E-state index < -0.39 is 0 Å². The van der Waals surface area contributed by atoms with Crippen molar-refractivity contribution in [2.75, 3.05) is 13.2 Å². The number of rotatable bonds is 5. The lowest BCUT2D eigenvalue weighted by molar-refractivity contribution is 0.0940. The molecule has 0 aromatic heterocycles. The Balaban J connectivity index is 2.01. The van der Waals surface area contributed by atoms with Crippen molar-refractivity contribution in [1.29, 1.82) is 0 Å². The molecule has 2 fully saturated rings. The van der Waals surface area contributed by atoms with Crippen LogP contribution in [0.3, 0.4) is 0 Å². The molecule has 18 heavy (non-hydrogen) atoms. The first-order valence-corrected chi connectivity index (χ1v) is 7.56. The highest BCUT2D eigenvalue weighted by molar-refractivity contribution is 5.12. The van der Waals surface area contributed by atoms with E-state index in [0.717, 1.165) is 18.9 Å². The number of fused-ring (bicyclic) bond motifs is 2. The SMILES string of the molecule is CC(C)(CCO)CNC1C(C)(C)[C@H]2CC[C@]1(C)C2. The van der Waals surface area contributed by atoms with Crippen LogP contribution in [-0.2, 0) is 0 Å². The second-order valence-electron chi connectivity index (χ2n) is 8.37. The van der Waals surface area contributed by atoms with E-state index in [2.05, 4.69) is 39.9 Å². The van der Waals surface area contributed by atoms with Crippen LogP contribution in [0.15, 0.2) is 0 Å². The second-order valence-corrected chi connectivity index (χ2v) is 8.37. The van der Waals surface area contributed by atoms with Crippen LogP contribution in [0.25, 0.3) is 0 Å². The third kappa shape index (κ3) is 2.34. The fourth-order valence-corrected chi connectivity index (χ4v) is 4.58. The Labute approximate surface area is 113 Å². The van der Waals surface area contributed by atoms with Crippen molar-refractivity contribution >= 4 is 0 Å². The summed E-state index contributed by atoms with van der Waals surface area (Å²) in [6.45, 7) is 13.2. The summed E-state index contributed by atoms with van der Waals surface area (Å²) in [6, 6.07) is 0.640. The lowest BCUT2D eigenvalue weighted by Crippen LogP contribution is -2.52. The van der Waals surface area contributed by atoms with Crippen molar-refractivity contribution in [3.05, 3.63) is 0 Å². The first-order chi connectivity index (χ1) is 8.21. The number of hydrogen-bond acceptors (Lipinski definition) is 2. The smallest absolute Gasteiger partial charge is 0.0436 e. The van der Waals surface area contributed by atoms with E-state index in [0.29, 0.717) is 23.5 Å². The van der Waals surface area contributed by atoms with Crippen LogP contribution >= 0.6 is 0 Å². The van der Waals surface area contributed by atoms with E-state index in [1.54, 1.807) is 0 Å². The molecule has 2 bridgehead atoms. The summed E-state index contributed by atoms with van der Waals surface area (Å²) in [5, 5.41) is 13.0. The molecule has 2 nitrogen and oxygen atoms in total. The predicted octanol–water partition coefficient (Wildman–Crippen LogP) is 3.20. The van der Waals surface area contributed by atoms with Crippen molar-refractivity contribution in [2.45, 2.75) is 66.3 Å². The average molecular weight is 253 g/mol. The molecule has 0 aromatic rings. The predicted molar refractivity (Wildman–Crippen MR) is 76.5 cm³/mol. The first-order valence-electron chi connectivity index (χ1n) is 7.56. The van der Waals surface area contributed by atoms with Gasteiger partial charge in [0.25, 0.3) is 0 Å². The zero-order valence-corrected chi connectivity index (χ0v) is 12.8. The lowest BCUT2D eigenvalue weighted by Gasteiger charge is -2.44. The third-order valence-electron chi connectivity index (χ3n) is 5.84. The Kier molecular flexibility index (Phi) is 3.57. The first kappa shape index (κ1) is 14.3. The Morgan fingerprint density at radius 3 is 2.44 bits per heavy atom. The lowest BCUT2D eigenvalue weighted by atomic mass is 9.68. The average Bonchev–Trinajstić information content (AvgIpc) is 2.68. The zero-order chi connectivity index (χ0) is 13.6. The van der Waals surface area contributed by atoms with Crippen LogP contribution in [0.2, 0.25) is 0 Å². The van der Waals surface area contributed by atoms with Gasteiger partial charge in [-0.2, -0.15) is 0 Å². The molecule has 0 saturated heterocycles. The summed E-state index contributed by atoms with van der Waals surface area (Å²) in [5.41, 5.74) is 1.13. The van der Waals surface area contributed by atoms with E-state index in [9.17, 15) is 0 Å². The maximum absolute atomic E-state index is 9.12. The Morgan fingerprint density at radius 1 is 1.28 bits per heavy atom. The quantitative estimate of drug-likeness (QED) is 0.788. The Hall–Kier alpha value is -0.0800. The minimum atomic E-state index is 0.197. The van der Waals surface area contributed by atoms with Crippen LogP contribution in [-0.4, -0.2) is 24.3 Å². The number of nitrogens with one attached hydrogen (secondary N) is 1. The molecular weight excluding hydrogens is 222 g/mol. The summed E-state index contributed by atoms with van der Waals surface area (Å²) in [7, 11) is 0. The minimum Gasteiger partial charge on any atom is -0.396 e. The van der Waals surface area contributed by atoms with Gasteiger partial charge >= 0.3 is 0 Å². The molecule has 0 radical (unpaired) electrons. The van der Waals surface area contributed by atoms with E-state index in [-0.39, 0.29) is 5.41 Å². The normalized spacial score (nSPS) is 38.3. The molecule has 2 N–H and O–H groups in total. The zero-order valence-electron chi connectivity index (χ0n) is 12.8. The molecular formula is C16H31NO. The van der Waals surface area contributed by atoms with Gasteiger partial charge in [-0.15, -0.1) is 0 Å². The molecule has 2 rings (SSSR count). The van der Waals surface area contributed by atoms with E-state index in [1.165, 1.54) is 19.3 Å². The molecule has 0 aliphatic heterocycles. The standard InChI is InChI=1S/C16H31NO/c1-14(2,8-9-18)11-17-13-15(3,4)12-6-7-16(13,5)10-12/h12-13,17-18H,6-11H2,1-5H3/t12-,13?,16+/m0/s1. The van der Waals surface area contributed by atoms with Crippen molar-refractivity contribution in [2.24, 2.45) is 22.2 Å². The topological polar surface area (TPSA) is 32.3 Å². The molecule has 106 valence electrons. The second kappa shape index (κ2) is 4.49. The van der Waals surface area contributed by atoms with Crippen LogP contribution in [0.5, 0.6) is 0 Å². The van der Waals surface area contributed by atoms with Gasteiger partial charge in [0.15, 0.2) is 0 Å². The van der Waals surface area contributed by atoms with Gasteiger partial charge in [0.1, 0.15) is 0 Å². The van der Waals surface area contributed by atoms with Gasteiger partial charge < -0.3 is 10.4 Å². The third-order valence-corrected chi connectivity index (χ3v) is 5.84. The fourth-order valence-electron chi connectivity index (χ4n) is 4.58. The summed E-state index contributed by atoms with van der Waals surface area (Å²) in [6.07, 6.45) is 5.09. The molecule has 2 heteroatoms. The largest absolute Gasteiger partial charge is 0.396 e. The van der Waals surface area contributed by atoms with Crippen LogP contribution < -0.4 is 5.32 Å². The van der Waals surface area contributed by atoms with Gasteiger partial charge in [-0.05, 0) is 47.8 Å². The summed E-state index contributed by atoms with van der Waals surface area (Å²) in [4.78, 5) is 0. The van der Waals surface area contributed by atoms with E-state index in [1.807, 2.05) is 0 Å². The van der Waals surface area contributed by atoms with Gasteiger partial charge in [0, 0.05) is 19.2 Å². The van der Waals surface area contributed by atoms with Crippen LogP contribution in [0, 0.1) is 22.2 Å². The fraction of sp³-hybridized carbons (Fsp3) is 1.00. The summed E-state index contributed by atoms with van der Waals surface area (Å²) in [5.74, 6) is 0.904. The van der Waals surface area contributed by atoms with Gasteiger partial charge in [-0.1, -0.05) is 34.6 Å². The number of aliphatic hydroxyl groups is 1. The van der Waals surface area contributed by atoms with Crippen molar-refractivity contribution in [1.82, 2.24) is 5.32 Å². The summed E-state index contributed by atoms with van der Waals surface area (Å²) >= 11 is 0. The highest BCUT2D eigenvalue weighted by Gasteiger charge is 2.59. The maximum atomic E-state index is 9.12. The van der Waals surface area contributed by atoms with Gasteiger partial charge in [0.05, 0.1) is 0 Å². The van der Waals surface area contributed by atoms with Crippen molar-refractivity contribution < 1.29 is 5.11 Å². The van der Waals surface area contributed by atoms with E-state index in [4.69, 9.17) is 5.11 Å². The molecule has 2 aliphatic rings. The molecule has 0 amide bonds. The Bertz CT molecular complexity index is 305. The molecule has 3 atom stereocenters. The molecule has 0 heterocycles. The maximum Gasteiger partial charge on any atom is 0.0436 e. The van der Waals surface area contributed by atoms with Gasteiger partial charge in [-0.25, -0.2) is 0 Å².